The minimum Gasteiger partial charge on any atom is -0.381 e. The number of hydrogen-bond acceptors (Lipinski definition) is 1. The largest absolute Gasteiger partial charge is 0.381 e. The van der Waals surface area contributed by atoms with Crippen LogP contribution in [0.25, 0.3) is 0 Å². The van der Waals surface area contributed by atoms with Crippen LogP contribution in [0, 0.1) is 17.3 Å². The molecule has 0 aromatic carbocycles. The predicted octanol–water partition coefficient (Wildman–Crippen LogP) is 4.09. The summed E-state index contributed by atoms with van der Waals surface area (Å²) in [7, 11) is 0. The Morgan fingerprint density at radius 2 is 2.00 bits per heavy atom. The zero-order valence-corrected chi connectivity index (χ0v) is 11.1. The van der Waals surface area contributed by atoms with Gasteiger partial charge in [0.05, 0.1) is 0 Å². The number of ether oxygens (including phenoxy) is 1. The number of halogens is 1. The molecule has 0 amide bonds. The second-order valence-electron chi connectivity index (χ2n) is 5.61. The van der Waals surface area contributed by atoms with Crippen molar-refractivity contribution >= 4 is 11.6 Å². The SMILES string of the molecule is CC(C)CCOCCC(C)(CCl)C1CC1. The van der Waals surface area contributed by atoms with E-state index in [1.54, 1.807) is 0 Å². The van der Waals surface area contributed by atoms with E-state index in [0.29, 0.717) is 5.41 Å². The molecule has 0 radical (unpaired) electrons. The summed E-state index contributed by atoms with van der Waals surface area (Å²) in [5, 5.41) is 0. The summed E-state index contributed by atoms with van der Waals surface area (Å²) in [5.41, 5.74) is 0.333. The normalized spacial score (nSPS) is 20.6. The number of rotatable bonds is 8. The molecule has 1 nitrogen and oxygen atoms in total. The molecular formula is C13H25ClO. The van der Waals surface area contributed by atoms with E-state index in [1.807, 2.05) is 0 Å². The van der Waals surface area contributed by atoms with Crippen LogP contribution in [0.15, 0.2) is 0 Å². The smallest absolute Gasteiger partial charge is 0.0471 e. The highest BCUT2D eigenvalue weighted by Gasteiger charge is 2.40. The molecule has 0 heterocycles. The van der Waals surface area contributed by atoms with Crippen molar-refractivity contribution in [3.05, 3.63) is 0 Å². The van der Waals surface area contributed by atoms with Crippen molar-refractivity contribution in [2.75, 3.05) is 19.1 Å². The molecule has 0 bridgehead atoms. The van der Waals surface area contributed by atoms with E-state index in [0.717, 1.165) is 37.4 Å². The van der Waals surface area contributed by atoms with Crippen LogP contribution in [0.3, 0.4) is 0 Å². The third kappa shape index (κ3) is 4.74. The fourth-order valence-corrected chi connectivity index (χ4v) is 2.24. The zero-order valence-electron chi connectivity index (χ0n) is 10.4. The van der Waals surface area contributed by atoms with Gasteiger partial charge in [0.25, 0.3) is 0 Å². The lowest BCUT2D eigenvalue weighted by Crippen LogP contribution is -2.23. The van der Waals surface area contributed by atoms with Gasteiger partial charge in [-0.2, -0.15) is 0 Å². The fourth-order valence-electron chi connectivity index (χ4n) is 1.89. The van der Waals surface area contributed by atoms with Crippen molar-refractivity contribution in [3.8, 4) is 0 Å². The quantitative estimate of drug-likeness (QED) is 0.452. The highest BCUT2D eigenvalue weighted by Crippen LogP contribution is 2.48. The molecule has 1 aliphatic rings. The van der Waals surface area contributed by atoms with E-state index in [1.165, 1.54) is 19.3 Å². The van der Waals surface area contributed by atoms with Gasteiger partial charge < -0.3 is 4.74 Å². The average Bonchev–Trinajstić information content (AvgIpc) is 3.00. The Bertz CT molecular complexity index is 177. The molecule has 1 saturated carbocycles. The van der Waals surface area contributed by atoms with Crippen LogP contribution in [0.1, 0.15) is 46.5 Å². The summed E-state index contributed by atoms with van der Waals surface area (Å²) in [6.45, 7) is 8.56. The maximum Gasteiger partial charge on any atom is 0.0471 e. The predicted molar refractivity (Wildman–Crippen MR) is 66.4 cm³/mol. The Morgan fingerprint density at radius 3 is 2.47 bits per heavy atom. The van der Waals surface area contributed by atoms with Crippen LogP contribution in [-0.4, -0.2) is 19.1 Å². The average molecular weight is 233 g/mol. The summed E-state index contributed by atoms with van der Waals surface area (Å²) >= 11 is 6.05. The van der Waals surface area contributed by atoms with Crippen LogP contribution >= 0.6 is 11.6 Å². The summed E-state index contributed by atoms with van der Waals surface area (Å²) in [6, 6.07) is 0. The molecule has 1 atom stereocenters. The van der Waals surface area contributed by atoms with Gasteiger partial charge in [-0.25, -0.2) is 0 Å². The molecule has 1 fully saturated rings. The summed E-state index contributed by atoms with van der Waals surface area (Å²) in [5.74, 6) is 2.39. The molecule has 0 aromatic rings. The van der Waals surface area contributed by atoms with Crippen molar-refractivity contribution in [3.63, 3.8) is 0 Å². The lowest BCUT2D eigenvalue weighted by atomic mass is 9.84. The van der Waals surface area contributed by atoms with Gasteiger partial charge in [0.1, 0.15) is 0 Å². The molecule has 1 rings (SSSR count). The minimum atomic E-state index is 0.333. The minimum absolute atomic E-state index is 0.333. The van der Waals surface area contributed by atoms with Crippen molar-refractivity contribution in [1.82, 2.24) is 0 Å². The Hall–Kier alpha value is 0.250. The molecular weight excluding hydrogens is 208 g/mol. The molecule has 0 N–H and O–H groups in total. The topological polar surface area (TPSA) is 9.23 Å². The molecule has 15 heavy (non-hydrogen) atoms. The maximum atomic E-state index is 6.05. The molecule has 90 valence electrons. The fraction of sp³-hybridized carbons (Fsp3) is 1.00. The first-order valence-electron chi connectivity index (χ1n) is 6.22. The lowest BCUT2D eigenvalue weighted by Gasteiger charge is -2.26. The highest BCUT2D eigenvalue weighted by molar-refractivity contribution is 6.18. The van der Waals surface area contributed by atoms with E-state index < -0.39 is 0 Å². The molecule has 1 unspecified atom stereocenters. The van der Waals surface area contributed by atoms with Crippen LogP contribution in [-0.2, 0) is 4.74 Å². The molecule has 0 aliphatic heterocycles. The van der Waals surface area contributed by atoms with Crippen LogP contribution in [0.2, 0.25) is 0 Å². The third-order valence-corrected chi connectivity index (χ3v) is 4.14. The zero-order chi connectivity index (χ0) is 11.3. The van der Waals surface area contributed by atoms with Gasteiger partial charge in [-0.3, -0.25) is 0 Å². The standard InChI is InChI=1S/C13H25ClO/c1-11(2)6-8-15-9-7-13(3,10-14)12-4-5-12/h11-12H,4-10H2,1-3H3. The highest BCUT2D eigenvalue weighted by atomic mass is 35.5. The van der Waals surface area contributed by atoms with Gasteiger partial charge in [-0.15, -0.1) is 11.6 Å². The van der Waals surface area contributed by atoms with E-state index in [2.05, 4.69) is 20.8 Å². The maximum absolute atomic E-state index is 6.05. The molecule has 1 aliphatic carbocycles. The van der Waals surface area contributed by atoms with Gasteiger partial charge in [-0.1, -0.05) is 20.8 Å². The monoisotopic (exact) mass is 232 g/mol. The first-order valence-corrected chi connectivity index (χ1v) is 6.75. The van der Waals surface area contributed by atoms with Crippen molar-refractivity contribution < 1.29 is 4.74 Å². The van der Waals surface area contributed by atoms with E-state index in [4.69, 9.17) is 16.3 Å². The van der Waals surface area contributed by atoms with Gasteiger partial charge in [0.15, 0.2) is 0 Å². The van der Waals surface area contributed by atoms with Gasteiger partial charge in [0.2, 0.25) is 0 Å². The molecule has 2 heteroatoms. The van der Waals surface area contributed by atoms with Gasteiger partial charge in [-0.05, 0) is 42.9 Å². The first-order chi connectivity index (χ1) is 7.08. The molecule has 0 spiro atoms. The van der Waals surface area contributed by atoms with Crippen molar-refractivity contribution in [2.45, 2.75) is 46.5 Å². The Balaban J connectivity index is 2.07. The van der Waals surface area contributed by atoms with Crippen LogP contribution < -0.4 is 0 Å². The van der Waals surface area contributed by atoms with Gasteiger partial charge >= 0.3 is 0 Å². The van der Waals surface area contributed by atoms with Crippen molar-refractivity contribution in [2.24, 2.45) is 17.3 Å². The second-order valence-corrected chi connectivity index (χ2v) is 5.87. The Kier molecular flexibility index (Phi) is 5.42. The summed E-state index contributed by atoms with van der Waals surface area (Å²) in [6.07, 6.45) is 5.03. The second kappa shape index (κ2) is 6.10. The summed E-state index contributed by atoms with van der Waals surface area (Å²) < 4.78 is 5.66. The Labute approximate surface area is 99.5 Å². The Morgan fingerprint density at radius 1 is 1.33 bits per heavy atom. The lowest BCUT2D eigenvalue weighted by molar-refractivity contribution is 0.0908. The van der Waals surface area contributed by atoms with Crippen LogP contribution in [0.4, 0.5) is 0 Å². The van der Waals surface area contributed by atoms with E-state index in [9.17, 15) is 0 Å². The summed E-state index contributed by atoms with van der Waals surface area (Å²) in [4.78, 5) is 0. The van der Waals surface area contributed by atoms with Crippen LogP contribution in [0.5, 0.6) is 0 Å². The third-order valence-electron chi connectivity index (χ3n) is 3.53. The van der Waals surface area contributed by atoms with E-state index in [-0.39, 0.29) is 0 Å². The first kappa shape index (κ1) is 13.3. The molecule has 0 aromatic heterocycles. The number of alkyl halides is 1. The van der Waals surface area contributed by atoms with E-state index >= 15 is 0 Å². The molecule has 0 saturated heterocycles. The van der Waals surface area contributed by atoms with Gasteiger partial charge in [0, 0.05) is 19.1 Å². The van der Waals surface area contributed by atoms with Crippen molar-refractivity contribution in [1.29, 1.82) is 0 Å². The number of hydrogen-bond donors (Lipinski definition) is 0.